The molecule has 0 spiro atoms. The van der Waals surface area contributed by atoms with Gasteiger partial charge in [-0.1, -0.05) is 12.1 Å². The Morgan fingerprint density at radius 3 is 2.69 bits per heavy atom. The van der Waals surface area contributed by atoms with Gasteiger partial charge in [-0.25, -0.2) is 4.99 Å². The summed E-state index contributed by atoms with van der Waals surface area (Å²) in [6.07, 6.45) is 1.41. The van der Waals surface area contributed by atoms with E-state index in [2.05, 4.69) is 4.99 Å². The largest absolute Gasteiger partial charge is 0.508 e. The minimum atomic E-state index is -1.28. The highest BCUT2D eigenvalue weighted by atomic mass is 16.3. The van der Waals surface area contributed by atoms with Gasteiger partial charge >= 0.3 is 0 Å². The maximum Gasteiger partial charge on any atom is 0.257 e. The summed E-state index contributed by atoms with van der Waals surface area (Å²) >= 11 is 0. The standard InChI is InChI=1S/C23H33N5O4/c1-4-26(5-2)20(31)17-9-7-11-27(15-17)19(30)13-23(3)21(32)28(22(24)25-23)14-16-8-6-10-18(29)12-16/h6,8,10,12,17,29H,4-5,7,9,11,13-15H2,1-3H3,(H2,24,25). The third-order valence-corrected chi connectivity index (χ3v) is 6.29. The Labute approximate surface area is 188 Å². The van der Waals surface area contributed by atoms with Crippen LogP contribution in [0.3, 0.4) is 0 Å². The lowest BCUT2D eigenvalue weighted by Gasteiger charge is -2.35. The molecule has 1 fully saturated rings. The quantitative estimate of drug-likeness (QED) is 0.658. The fraction of sp³-hybridized carbons (Fsp3) is 0.565. The van der Waals surface area contributed by atoms with E-state index in [1.54, 1.807) is 41.0 Å². The number of aliphatic imine (C=N–C) groups is 1. The fourth-order valence-corrected chi connectivity index (χ4v) is 4.47. The number of nitrogens with zero attached hydrogens (tertiary/aromatic N) is 4. The second-order valence-corrected chi connectivity index (χ2v) is 8.67. The van der Waals surface area contributed by atoms with Crippen molar-refractivity contribution in [1.82, 2.24) is 14.7 Å². The molecule has 1 aromatic rings. The van der Waals surface area contributed by atoms with Crippen LogP contribution in [0.1, 0.15) is 45.6 Å². The summed E-state index contributed by atoms with van der Waals surface area (Å²) in [6.45, 7) is 7.91. The number of carbonyl (C=O) groups excluding carboxylic acids is 3. The highest BCUT2D eigenvalue weighted by Crippen LogP contribution is 2.29. The number of aromatic hydroxyl groups is 1. The fourth-order valence-electron chi connectivity index (χ4n) is 4.47. The van der Waals surface area contributed by atoms with Crippen LogP contribution < -0.4 is 5.73 Å². The van der Waals surface area contributed by atoms with Gasteiger partial charge in [0, 0.05) is 26.2 Å². The molecule has 2 aliphatic rings. The molecule has 9 heteroatoms. The summed E-state index contributed by atoms with van der Waals surface area (Å²) in [5.41, 5.74) is 5.45. The number of hydrogen-bond donors (Lipinski definition) is 2. The van der Waals surface area contributed by atoms with E-state index in [9.17, 15) is 19.5 Å². The van der Waals surface area contributed by atoms with Gasteiger partial charge < -0.3 is 20.6 Å². The number of amides is 3. The van der Waals surface area contributed by atoms with Crippen LogP contribution in [0.5, 0.6) is 5.75 Å². The summed E-state index contributed by atoms with van der Waals surface area (Å²) < 4.78 is 0. The summed E-state index contributed by atoms with van der Waals surface area (Å²) in [6, 6.07) is 6.57. The summed E-state index contributed by atoms with van der Waals surface area (Å²) in [7, 11) is 0. The average molecular weight is 444 g/mol. The normalized spacial score (nSPS) is 23.3. The third-order valence-electron chi connectivity index (χ3n) is 6.29. The Morgan fingerprint density at radius 2 is 2.03 bits per heavy atom. The first-order chi connectivity index (χ1) is 15.2. The van der Waals surface area contributed by atoms with Gasteiger partial charge in [0.1, 0.15) is 11.3 Å². The third kappa shape index (κ3) is 4.87. The lowest BCUT2D eigenvalue weighted by Crippen LogP contribution is -2.49. The maximum absolute atomic E-state index is 13.1. The topological polar surface area (TPSA) is 120 Å². The van der Waals surface area contributed by atoms with Gasteiger partial charge in [0.25, 0.3) is 5.91 Å². The maximum atomic E-state index is 13.1. The Kier molecular flexibility index (Phi) is 7.06. The van der Waals surface area contributed by atoms with Crippen LogP contribution in [0.25, 0.3) is 0 Å². The van der Waals surface area contributed by atoms with Crippen molar-refractivity contribution in [3.8, 4) is 5.75 Å². The van der Waals surface area contributed by atoms with Gasteiger partial charge in [0.05, 0.1) is 18.9 Å². The molecular formula is C23H33N5O4. The van der Waals surface area contributed by atoms with Crippen LogP contribution in [0, 0.1) is 5.92 Å². The first-order valence-electron chi connectivity index (χ1n) is 11.2. The van der Waals surface area contributed by atoms with E-state index in [0.29, 0.717) is 31.7 Å². The van der Waals surface area contributed by atoms with Crippen LogP contribution in [-0.2, 0) is 20.9 Å². The zero-order valence-corrected chi connectivity index (χ0v) is 19.1. The molecule has 0 aromatic heterocycles. The molecule has 0 radical (unpaired) electrons. The first kappa shape index (κ1) is 23.6. The zero-order chi connectivity index (χ0) is 23.5. The van der Waals surface area contributed by atoms with Gasteiger partial charge in [-0.2, -0.15) is 0 Å². The van der Waals surface area contributed by atoms with Crippen molar-refractivity contribution < 1.29 is 19.5 Å². The van der Waals surface area contributed by atoms with Crippen LogP contribution in [0.4, 0.5) is 0 Å². The molecular weight excluding hydrogens is 410 g/mol. The smallest absolute Gasteiger partial charge is 0.257 e. The molecule has 2 aliphatic heterocycles. The Bertz CT molecular complexity index is 913. The minimum Gasteiger partial charge on any atom is -0.508 e. The van der Waals surface area contributed by atoms with Crippen molar-refractivity contribution >= 4 is 23.7 Å². The zero-order valence-electron chi connectivity index (χ0n) is 19.1. The van der Waals surface area contributed by atoms with Crippen LogP contribution in [-0.4, -0.2) is 75.2 Å². The molecule has 3 N–H and O–H groups in total. The molecule has 9 nitrogen and oxygen atoms in total. The van der Waals surface area contributed by atoms with E-state index in [4.69, 9.17) is 5.73 Å². The number of phenols is 1. The van der Waals surface area contributed by atoms with Crippen molar-refractivity contribution in [2.45, 2.75) is 52.1 Å². The SMILES string of the molecule is CCN(CC)C(=O)C1CCCN(C(=O)CC2(C)N=C(N)N(Cc3cccc(O)c3)C2=O)C1. The van der Waals surface area contributed by atoms with Crippen molar-refractivity contribution in [2.24, 2.45) is 16.6 Å². The predicted octanol–water partition coefficient (Wildman–Crippen LogP) is 1.30. The number of carbonyl (C=O) groups is 3. The average Bonchev–Trinajstić information content (AvgIpc) is 2.97. The van der Waals surface area contributed by atoms with E-state index in [1.165, 1.54) is 4.90 Å². The number of piperidine rings is 1. The van der Waals surface area contributed by atoms with E-state index in [1.807, 2.05) is 13.8 Å². The van der Waals surface area contributed by atoms with Crippen molar-refractivity contribution in [2.75, 3.05) is 26.2 Å². The monoisotopic (exact) mass is 443 g/mol. The van der Waals surface area contributed by atoms with Crippen molar-refractivity contribution in [3.63, 3.8) is 0 Å². The molecule has 32 heavy (non-hydrogen) atoms. The molecule has 0 saturated carbocycles. The lowest BCUT2D eigenvalue weighted by atomic mass is 9.93. The number of nitrogens with two attached hydrogens (primary N) is 1. The predicted molar refractivity (Wildman–Crippen MR) is 121 cm³/mol. The van der Waals surface area contributed by atoms with E-state index in [-0.39, 0.29) is 48.3 Å². The Balaban J connectivity index is 1.66. The molecule has 2 heterocycles. The molecule has 174 valence electrons. The van der Waals surface area contributed by atoms with Crippen LogP contribution >= 0.6 is 0 Å². The molecule has 0 aliphatic carbocycles. The Hall–Kier alpha value is -3.10. The van der Waals surface area contributed by atoms with Gasteiger partial charge in [-0.15, -0.1) is 0 Å². The van der Waals surface area contributed by atoms with Crippen molar-refractivity contribution in [1.29, 1.82) is 0 Å². The molecule has 3 rings (SSSR count). The molecule has 3 amide bonds. The van der Waals surface area contributed by atoms with Gasteiger partial charge in [0.15, 0.2) is 5.96 Å². The van der Waals surface area contributed by atoms with Gasteiger partial charge in [-0.3, -0.25) is 19.3 Å². The number of benzene rings is 1. The number of hydrogen-bond acceptors (Lipinski definition) is 6. The van der Waals surface area contributed by atoms with Crippen LogP contribution in [0.15, 0.2) is 29.3 Å². The summed E-state index contributed by atoms with van der Waals surface area (Å²) in [4.78, 5) is 48.1. The van der Waals surface area contributed by atoms with E-state index in [0.717, 1.165) is 12.8 Å². The summed E-state index contributed by atoms with van der Waals surface area (Å²) in [5.74, 6) is -0.526. The number of rotatable bonds is 7. The van der Waals surface area contributed by atoms with Gasteiger partial charge in [0.2, 0.25) is 11.8 Å². The Morgan fingerprint density at radius 1 is 1.31 bits per heavy atom. The number of guanidine groups is 1. The molecule has 0 bridgehead atoms. The molecule has 2 unspecified atom stereocenters. The molecule has 2 atom stereocenters. The first-order valence-corrected chi connectivity index (χ1v) is 11.2. The van der Waals surface area contributed by atoms with Gasteiger partial charge in [-0.05, 0) is 51.3 Å². The second-order valence-electron chi connectivity index (χ2n) is 8.67. The van der Waals surface area contributed by atoms with Crippen molar-refractivity contribution in [3.05, 3.63) is 29.8 Å². The van der Waals surface area contributed by atoms with E-state index < -0.39 is 5.54 Å². The minimum absolute atomic E-state index is 0.0573. The molecule has 1 saturated heterocycles. The molecule has 1 aromatic carbocycles. The number of likely N-dealkylation sites (tertiary alicyclic amines) is 1. The highest BCUT2D eigenvalue weighted by Gasteiger charge is 2.46. The van der Waals surface area contributed by atoms with E-state index >= 15 is 0 Å². The second kappa shape index (κ2) is 9.58. The van der Waals surface area contributed by atoms with Crippen LogP contribution in [0.2, 0.25) is 0 Å². The summed E-state index contributed by atoms with van der Waals surface area (Å²) in [5, 5.41) is 9.67. The lowest BCUT2D eigenvalue weighted by molar-refractivity contribution is -0.143. The highest BCUT2D eigenvalue weighted by molar-refractivity contribution is 6.08. The number of phenolic OH excluding ortho intramolecular Hbond substituents is 1.